The second kappa shape index (κ2) is 3.70. The molecule has 1 heteroatoms. The third-order valence-electron chi connectivity index (χ3n) is 3.17. The van der Waals surface area contributed by atoms with Crippen molar-refractivity contribution in [1.82, 2.24) is 0 Å². The zero-order valence-corrected chi connectivity index (χ0v) is 9.60. The van der Waals surface area contributed by atoms with Gasteiger partial charge in [-0.25, -0.2) is 0 Å². The highest BCUT2D eigenvalue weighted by Crippen LogP contribution is 2.27. The number of Topliss-reactive ketones (excluding diaryl/α,β-unsaturated/α-hetero) is 1. The molecule has 0 saturated carbocycles. The summed E-state index contributed by atoms with van der Waals surface area (Å²) in [5.41, 5.74) is 0.799. The normalized spacial score (nSPS) is 10.9. The summed E-state index contributed by atoms with van der Waals surface area (Å²) in [5, 5.41) is 4.60. The van der Waals surface area contributed by atoms with Gasteiger partial charge >= 0.3 is 0 Å². The lowest BCUT2D eigenvalue weighted by Crippen LogP contribution is -1.93. The summed E-state index contributed by atoms with van der Waals surface area (Å²) < 4.78 is 0. The third kappa shape index (κ3) is 1.51. The van der Waals surface area contributed by atoms with Crippen molar-refractivity contribution in [2.45, 2.75) is 6.92 Å². The van der Waals surface area contributed by atoms with E-state index in [-0.39, 0.29) is 5.78 Å². The molecule has 0 amide bonds. The Balaban J connectivity index is 2.52. The predicted molar refractivity (Wildman–Crippen MR) is 71.5 cm³/mol. The van der Waals surface area contributed by atoms with Crippen LogP contribution in [0.1, 0.15) is 17.3 Å². The van der Waals surface area contributed by atoms with Crippen molar-refractivity contribution in [2.24, 2.45) is 0 Å². The molecule has 3 aromatic rings. The summed E-state index contributed by atoms with van der Waals surface area (Å²) in [6.07, 6.45) is 0. The molecule has 1 nitrogen and oxygen atoms in total. The average Bonchev–Trinajstić information content (AvgIpc) is 2.37. The topological polar surface area (TPSA) is 17.1 Å². The first-order valence-corrected chi connectivity index (χ1v) is 5.69. The van der Waals surface area contributed by atoms with Gasteiger partial charge in [0, 0.05) is 5.56 Å². The molecule has 0 aromatic heterocycles. The molecule has 0 N–H and O–H groups in total. The summed E-state index contributed by atoms with van der Waals surface area (Å²) in [6.45, 7) is 1.62. The Morgan fingerprint density at radius 2 is 1.53 bits per heavy atom. The number of fused-ring (bicyclic) bond motifs is 3. The van der Waals surface area contributed by atoms with E-state index in [1.165, 1.54) is 10.8 Å². The van der Waals surface area contributed by atoms with E-state index < -0.39 is 0 Å². The van der Waals surface area contributed by atoms with Crippen molar-refractivity contribution >= 4 is 27.3 Å². The first-order valence-electron chi connectivity index (χ1n) is 5.69. The molecular formula is C16H12O. The molecule has 0 spiro atoms. The van der Waals surface area contributed by atoms with E-state index in [1.807, 2.05) is 30.3 Å². The number of carbonyl (C=O) groups is 1. The monoisotopic (exact) mass is 220 g/mol. The molecule has 3 aromatic carbocycles. The van der Waals surface area contributed by atoms with Crippen LogP contribution >= 0.6 is 0 Å². The Hall–Kier alpha value is -2.15. The van der Waals surface area contributed by atoms with Crippen LogP contribution in [0.2, 0.25) is 0 Å². The van der Waals surface area contributed by atoms with Gasteiger partial charge in [-0.3, -0.25) is 4.79 Å². The number of benzene rings is 3. The molecule has 0 saturated heterocycles. The van der Waals surface area contributed by atoms with E-state index in [4.69, 9.17) is 0 Å². The highest BCUT2D eigenvalue weighted by Gasteiger charge is 2.06. The lowest BCUT2D eigenvalue weighted by atomic mass is 9.97. The second-order valence-corrected chi connectivity index (χ2v) is 4.24. The van der Waals surface area contributed by atoms with Gasteiger partial charge < -0.3 is 0 Å². The van der Waals surface area contributed by atoms with Crippen LogP contribution in [0.3, 0.4) is 0 Å². The van der Waals surface area contributed by atoms with Crippen LogP contribution in [0.15, 0.2) is 54.6 Å². The number of hydrogen-bond donors (Lipinski definition) is 0. The third-order valence-corrected chi connectivity index (χ3v) is 3.17. The Kier molecular flexibility index (Phi) is 2.19. The minimum atomic E-state index is 0.117. The van der Waals surface area contributed by atoms with Crippen LogP contribution in [0.4, 0.5) is 0 Å². The molecular weight excluding hydrogens is 208 g/mol. The molecule has 0 radical (unpaired) electrons. The standard InChI is InChI=1S/C16H12O/c1-11(17)13-7-4-8-15-14-6-3-2-5-12(14)9-10-16(13)15/h2-10H,1H3. The highest BCUT2D eigenvalue weighted by atomic mass is 16.1. The zero-order chi connectivity index (χ0) is 11.8. The molecule has 0 bridgehead atoms. The molecule has 0 aliphatic heterocycles. The fourth-order valence-electron chi connectivity index (χ4n) is 2.35. The first-order chi connectivity index (χ1) is 8.27. The summed E-state index contributed by atoms with van der Waals surface area (Å²) in [5.74, 6) is 0.117. The molecule has 0 unspecified atom stereocenters. The van der Waals surface area contributed by atoms with Gasteiger partial charge in [0.15, 0.2) is 5.78 Å². The molecule has 0 heterocycles. The molecule has 0 aliphatic carbocycles. The van der Waals surface area contributed by atoms with Crippen LogP contribution < -0.4 is 0 Å². The number of hydrogen-bond acceptors (Lipinski definition) is 1. The van der Waals surface area contributed by atoms with Crippen molar-refractivity contribution in [3.63, 3.8) is 0 Å². The Labute approximate surface area is 99.7 Å². The lowest BCUT2D eigenvalue weighted by Gasteiger charge is -2.06. The largest absolute Gasteiger partial charge is 0.294 e. The van der Waals surface area contributed by atoms with Crippen molar-refractivity contribution in [3.8, 4) is 0 Å². The van der Waals surface area contributed by atoms with Crippen molar-refractivity contribution < 1.29 is 4.79 Å². The molecule has 0 fully saturated rings. The van der Waals surface area contributed by atoms with E-state index in [2.05, 4.69) is 24.3 Å². The Morgan fingerprint density at radius 3 is 2.35 bits per heavy atom. The highest BCUT2D eigenvalue weighted by molar-refractivity contribution is 6.15. The van der Waals surface area contributed by atoms with E-state index >= 15 is 0 Å². The maximum Gasteiger partial charge on any atom is 0.160 e. The first kappa shape index (κ1) is 10.0. The van der Waals surface area contributed by atoms with E-state index in [1.54, 1.807) is 6.92 Å². The van der Waals surface area contributed by atoms with Crippen molar-refractivity contribution in [1.29, 1.82) is 0 Å². The van der Waals surface area contributed by atoms with Crippen LogP contribution in [0.25, 0.3) is 21.5 Å². The summed E-state index contributed by atoms with van der Waals surface area (Å²) in [4.78, 5) is 11.6. The molecule has 3 rings (SSSR count). The zero-order valence-electron chi connectivity index (χ0n) is 9.60. The maximum absolute atomic E-state index is 11.6. The van der Waals surface area contributed by atoms with Gasteiger partial charge in [0.25, 0.3) is 0 Å². The van der Waals surface area contributed by atoms with Crippen molar-refractivity contribution in [2.75, 3.05) is 0 Å². The van der Waals surface area contributed by atoms with Gasteiger partial charge in [0.2, 0.25) is 0 Å². The summed E-state index contributed by atoms with van der Waals surface area (Å²) in [7, 11) is 0. The molecule has 0 atom stereocenters. The molecule has 17 heavy (non-hydrogen) atoms. The van der Waals surface area contributed by atoms with Gasteiger partial charge in [0.1, 0.15) is 0 Å². The molecule has 82 valence electrons. The van der Waals surface area contributed by atoms with Crippen LogP contribution in [-0.2, 0) is 0 Å². The molecule has 0 aliphatic rings. The number of carbonyl (C=O) groups excluding carboxylic acids is 1. The van der Waals surface area contributed by atoms with Gasteiger partial charge in [-0.05, 0) is 28.5 Å². The van der Waals surface area contributed by atoms with Crippen LogP contribution in [0, 0.1) is 0 Å². The van der Waals surface area contributed by atoms with Crippen LogP contribution in [-0.4, -0.2) is 5.78 Å². The lowest BCUT2D eigenvalue weighted by molar-refractivity contribution is 0.101. The van der Waals surface area contributed by atoms with E-state index in [0.29, 0.717) is 0 Å². The smallest absolute Gasteiger partial charge is 0.160 e. The van der Waals surface area contributed by atoms with Gasteiger partial charge in [0.05, 0.1) is 0 Å². The fraction of sp³-hybridized carbons (Fsp3) is 0.0625. The minimum Gasteiger partial charge on any atom is -0.294 e. The summed E-state index contributed by atoms with van der Waals surface area (Å²) >= 11 is 0. The van der Waals surface area contributed by atoms with Crippen molar-refractivity contribution in [3.05, 3.63) is 60.2 Å². The fourth-order valence-corrected chi connectivity index (χ4v) is 2.35. The predicted octanol–water partition coefficient (Wildman–Crippen LogP) is 4.20. The van der Waals surface area contributed by atoms with Gasteiger partial charge in [-0.1, -0.05) is 54.6 Å². The number of ketones is 1. The van der Waals surface area contributed by atoms with Gasteiger partial charge in [-0.15, -0.1) is 0 Å². The van der Waals surface area contributed by atoms with E-state index in [0.717, 1.165) is 16.3 Å². The Bertz CT molecular complexity index is 726. The minimum absolute atomic E-state index is 0.117. The summed E-state index contributed by atoms with van der Waals surface area (Å²) in [6, 6.07) is 18.3. The maximum atomic E-state index is 11.6. The average molecular weight is 220 g/mol. The van der Waals surface area contributed by atoms with Gasteiger partial charge in [-0.2, -0.15) is 0 Å². The quantitative estimate of drug-likeness (QED) is 0.444. The van der Waals surface area contributed by atoms with Crippen LogP contribution in [0.5, 0.6) is 0 Å². The van der Waals surface area contributed by atoms with E-state index in [9.17, 15) is 4.79 Å². The second-order valence-electron chi connectivity index (χ2n) is 4.24. The SMILES string of the molecule is CC(=O)c1cccc2c1ccc1ccccc12. The Morgan fingerprint density at radius 1 is 0.765 bits per heavy atom. The number of rotatable bonds is 1.